The highest BCUT2D eigenvalue weighted by atomic mass is 19.1. The Bertz CT molecular complexity index is 772. The van der Waals surface area contributed by atoms with Crippen LogP contribution in [-0.4, -0.2) is 46.5 Å². The number of carbonyl (C=O) groups is 2. The summed E-state index contributed by atoms with van der Waals surface area (Å²) >= 11 is 0. The van der Waals surface area contributed by atoms with Crippen LogP contribution in [0.3, 0.4) is 0 Å². The summed E-state index contributed by atoms with van der Waals surface area (Å²) in [5.74, 6) is 0.0712. The van der Waals surface area contributed by atoms with Gasteiger partial charge in [0.25, 0.3) is 0 Å². The second-order valence-electron chi connectivity index (χ2n) is 5.91. The number of aryl methyl sites for hydroxylation is 1. The lowest BCUT2D eigenvalue weighted by molar-refractivity contribution is -0.130. The summed E-state index contributed by atoms with van der Waals surface area (Å²) in [4.78, 5) is 29.0. The Morgan fingerprint density at radius 2 is 2.08 bits per heavy atom. The molecule has 1 atom stereocenters. The first-order valence-electron chi connectivity index (χ1n) is 7.84. The first-order valence-corrected chi connectivity index (χ1v) is 7.84. The molecule has 25 heavy (non-hydrogen) atoms. The van der Waals surface area contributed by atoms with Crippen LogP contribution in [-0.2, 0) is 11.3 Å². The lowest BCUT2D eigenvalue weighted by Gasteiger charge is -2.18. The lowest BCUT2D eigenvalue weighted by Crippen LogP contribution is -2.47. The maximum atomic E-state index is 14.3. The predicted molar refractivity (Wildman–Crippen MR) is 91.8 cm³/mol. The van der Waals surface area contributed by atoms with Gasteiger partial charge in [-0.1, -0.05) is 6.07 Å². The minimum absolute atomic E-state index is 0.148. The van der Waals surface area contributed by atoms with Gasteiger partial charge in [-0.3, -0.25) is 4.79 Å². The molecule has 0 aliphatic heterocycles. The number of nitrogens with one attached hydrogen (secondary N) is 2. The fourth-order valence-electron chi connectivity index (χ4n) is 2.37. The van der Waals surface area contributed by atoms with Gasteiger partial charge in [0, 0.05) is 33.0 Å². The molecule has 8 heteroatoms. The van der Waals surface area contributed by atoms with Gasteiger partial charge in [0.05, 0.1) is 5.69 Å². The number of benzene rings is 1. The number of rotatable bonds is 5. The van der Waals surface area contributed by atoms with Gasteiger partial charge in [0.15, 0.2) is 0 Å². The SMILES string of the molecule is Cc1nccn1-c1ccc(CNC(=O)N[C@@H](C)C(=O)N(C)C)cc1F. The number of nitrogens with zero attached hydrogens (tertiary/aromatic N) is 3. The Morgan fingerprint density at radius 3 is 2.64 bits per heavy atom. The summed E-state index contributed by atoms with van der Waals surface area (Å²) in [6, 6.07) is 3.60. The molecule has 0 saturated carbocycles. The lowest BCUT2D eigenvalue weighted by atomic mass is 10.2. The van der Waals surface area contributed by atoms with Gasteiger partial charge >= 0.3 is 6.03 Å². The number of carbonyl (C=O) groups excluding carboxylic acids is 2. The third-order valence-corrected chi connectivity index (χ3v) is 3.71. The Hall–Kier alpha value is -2.90. The van der Waals surface area contributed by atoms with Gasteiger partial charge in [-0.05, 0) is 31.5 Å². The molecule has 1 heterocycles. The predicted octanol–water partition coefficient (Wildman–Crippen LogP) is 1.60. The molecule has 1 aromatic carbocycles. The maximum absolute atomic E-state index is 14.3. The third kappa shape index (κ3) is 4.56. The summed E-state index contributed by atoms with van der Waals surface area (Å²) in [7, 11) is 3.23. The first-order chi connectivity index (χ1) is 11.8. The standard InChI is InChI=1S/C17H22FN5O2/c1-11(16(24)22(3)4)21-17(25)20-10-13-5-6-15(14(18)9-13)23-8-7-19-12(23)2/h5-9,11H,10H2,1-4H3,(H2,20,21,25)/t11-/m0/s1. The summed E-state index contributed by atoms with van der Waals surface area (Å²) in [5, 5.41) is 5.15. The van der Waals surface area contributed by atoms with E-state index >= 15 is 0 Å². The highest BCUT2D eigenvalue weighted by Crippen LogP contribution is 2.16. The van der Waals surface area contributed by atoms with Crippen molar-refractivity contribution in [3.8, 4) is 5.69 Å². The van der Waals surface area contributed by atoms with E-state index in [1.165, 1.54) is 11.0 Å². The molecule has 0 spiro atoms. The molecular formula is C17H22FN5O2. The largest absolute Gasteiger partial charge is 0.347 e. The summed E-state index contributed by atoms with van der Waals surface area (Å²) in [6.07, 6.45) is 3.28. The monoisotopic (exact) mass is 347 g/mol. The van der Waals surface area contributed by atoms with Crippen LogP contribution in [0.1, 0.15) is 18.3 Å². The summed E-state index contributed by atoms with van der Waals surface area (Å²) < 4.78 is 15.9. The molecule has 0 aliphatic carbocycles. The van der Waals surface area contributed by atoms with Crippen molar-refractivity contribution in [1.29, 1.82) is 0 Å². The Morgan fingerprint density at radius 1 is 1.36 bits per heavy atom. The molecule has 0 bridgehead atoms. The van der Waals surface area contributed by atoms with Gasteiger partial charge in [-0.2, -0.15) is 0 Å². The number of aromatic nitrogens is 2. The second kappa shape index (κ2) is 7.78. The molecule has 2 rings (SSSR count). The number of imidazole rings is 1. The van der Waals surface area contributed by atoms with E-state index in [0.29, 0.717) is 17.1 Å². The summed E-state index contributed by atoms with van der Waals surface area (Å²) in [5.41, 5.74) is 1.01. The zero-order chi connectivity index (χ0) is 18.6. The maximum Gasteiger partial charge on any atom is 0.315 e. The van der Waals surface area contributed by atoms with Crippen LogP contribution in [0.25, 0.3) is 5.69 Å². The van der Waals surface area contributed by atoms with E-state index in [0.717, 1.165) is 0 Å². The van der Waals surface area contributed by atoms with Crippen molar-refractivity contribution in [2.24, 2.45) is 0 Å². The molecule has 1 aromatic heterocycles. The van der Waals surface area contributed by atoms with Crippen LogP contribution in [0.4, 0.5) is 9.18 Å². The Kier molecular flexibility index (Phi) is 5.74. The summed E-state index contributed by atoms with van der Waals surface area (Å²) in [6.45, 7) is 3.54. The quantitative estimate of drug-likeness (QED) is 0.862. The highest BCUT2D eigenvalue weighted by Gasteiger charge is 2.17. The van der Waals surface area contributed by atoms with Gasteiger partial charge < -0.3 is 20.1 Å². The van der Waals surface area contributed by atoms with E-state index in [2.05, 4.69) is 15.6 Å². The Balaban J connectivity index is 1.95. The molecule has 0 fully saturated rings. The first kappa shape index (κ1) is 18.4. The van der Waals surface area contributed by atoms with Crippen molar-refractivity contribution in [3.05, 3.63) is 47.8 Å². The topological polar surface area (TPSA) is 79.3 Å². The van der Waals surface area contributed by atoms with Crippen molar-refractivity contribution in [2.45, 2.75) is 26.4 Å². The average molecular weight is 347 g/mol. The van der Waals surface area contributed by atoms with Crippen molar-refractivity contribution < 1.29 is 14.0 Å². The molecule has 0 saturated heterocycles. The number of hydrogen-bond acceptors (Lipinski definition) is 3. The van der Waals surface area contributed by atoms with Gasteiger partial charge in [0.1, 0.15) is 17.7 Å². The van der Waals surface area contributed by atoms with Crippen LogP contribution in [0.15, 0.2) is 30.6 Å². The van der Waals surface area contributed by atoms with Crippen LogP contribution >= 0.6 is 0 Å². The van der Waals surface area contributed by atoms with Gasteiger partial charge in [-0.25, -0.2) is 14.2 Å². The minimum Gasteiger partial charge on any atom is -0.347 e. The number of hydrogen-bond donors (Lipinski definition) is 2. The zero-order valence-corrected chi connectivity index (χ0v) is 14.7. The van der Waals surface area contributed by atoms with E-state index < -0.39 is 17.9 Å². The molecule has 0 unspecified atom stereocenters. The van der Waals surface area contributed by atoms with E-state index in [1.54, 1.807) is 57.0 Å². The fourth-order valence-corrected chi connectivity index (χ4v) is 2.37. The number of amides is 3. The van der Waals surface area contributed by atoms with E-state index in [1.807, 2.05) is 0 Å². The molecule has 3 amide bonds. The van der Waals surface area contributed by atoms with Crippen LogP contribution in [0, 0.1) is 12.7 Å². The molecule has 2 N–H and O–H groups in total. The van der Waals surface area contributed by atoms with E-state index in [-0.39, 0.29) is 12.5 Å². The zero-order valence-electron chi connectivity index (χ0n) is 14.7. The molecule has 2 aromatic rings. The second-order valence-corrected chi connectivity index (χ2v) is 5.91. The minimum atomic E-state index is -0.640. The molecule has 134 valence electrons. The van der Waals surface area contributed by atoms with E-state index in [9.17, 15) is 14.0 Å². The molecule has 0 aliphatic rings. The Labute approximate surface area is 145 Å². The van der Waals surface area contributed by atoms with Crippen molar-refractivity contribution in [1.82, 2.24) is 25.1 Å². The van der Waals surface area contributed by atoms with Crippen molar-refractivity contribution >= 4 is 11.9 Å². The number of likely N-dealkylation sites (N-methyl/N-ethyl adjacent to an activating group) is 1. The van der Waals surface area contributed by atoms with Crippen molar-refractivity contribution in [3.63, 3.8) is 0 Å². The van der Waals surface area contributed by atoms with E-state index in [4.69, 9.17) is 0 Å². The van der Waals surface area contributed by atoms with Crippen LogP contribution in [0.2, 0.25) is 0 Å². The van der Waals surface area contributed by atoms with Crippen molar-refractivity contribution in [2.75, 3.05) is 14.1 Å². The van der Waals surface area contributed by atoms with Gasteiger partial charge in [0.2, 0.25) is 5.91 Å². The smallest absolute Gasteiger partial charge is 0.315 e. The van der Waals surface area contributed by atoms with Crippen LogP contribution < -0.4 is 10.6 Å². The average Bonchev–Trinajstić information content (AvgIpc) is 2.98. The normalized spacial score (nSPS) is 11.7. The van der Waals surface area contributed by atoms with Gasteiger partial charge in [-0.15, -0.1) is 0 Å². The fraction of sp³-hybridized carbons (Fsp3) is 0.353. The molecule has 7 nitrogen and oxygen atoms in total. The molecule has 0 radical (unpaired) electrons. The highest BCUT2D eigenvalue weighted by molar-refractivity contribution is 5.86. The molecular weight excluding hydrogens is 325 g/mol. The number of urea groups is 1. The third-order valence-electron chi connectivity index (χ3n) is 3.71. The van der Waals surface area contributed by atoms with Crippen LogP contribution in [0.5, 0.6) is 0 Å². The number of halogens is 1.